The summed E-state index contributed by atoms with van der Waals surface area (Å²) in [6.45, 7) is 9.28. The number of aryl methyl sites for hydroxylation is 1. The minimum atomic E-state index is -3.50. The van der Waals surface area contributed by atoms with Crippen LogP contribution in [0.3, 0.4) is 0 Å². The summed E-state index contributed by atoms with van der Waals surface area (Å²) in [4.78, 5) is 0.321. The van der Waals surface area contributed by atoms with Gasteiger partial charge in [-0.15, -0.1) is 0 Å². The average Bonchev–Trinajstić information content (AvgIpc) is 2.51. The molecule has 136 valence electrons. The number of rotatable bonds is 7. The zero-order valence-corrected chi connectivity index (χ0v) is 15.9. The third-order valence-electron chi connectivity index (χ3n) is 4.18. The Morgan fingerprint density at radius 2 is 1.88 bits per heavy atom. The monoisotopic (exact) mass is 355 g/mol. The Kier molecular flexibility index (Phi) is 6.66. The maximum absolute atomic E-state index is 12.9. The van der Waals surface area contributed by atoms with Crippen LogP contribution in [-0.4, -0.2) is 44.6 Å². The summed E-state index contributed by atoms with van der Waals surface area (Å²) in [5.74, 6) is 0.758. The summed E-state index contributed by atoms with van der Waals surface area (Å²) in [6.07, 6.45) is 3.12. The van der Waals surface area contributed by atoms with Gasteiger partial charge in [-0.3, -0.25) is 0 Å². The number of unbranched alkanes of at least 4 members (excludes halogenated alkanes) is 2. The summed E-state index contributed by atoms with van der Waals surface area (Å²) in [5.41, 5.74) is 0.849. The molecule has 0 aromatic heterocycles. The van der Waals surface area contributed by atoms with Crippen molar-refractivity contribution in [1.29, 1.82) is 0 Å². The highest BCUT2D eigenvalue weighted by atomic mass is 32.2. The minimum Gasteiger partial charge on any atom is -0.493 e. The molecule has 0 bridgehead atoms. The van der Waals surface area contributed by atoms with E-state index in [1.54, 1.807) is 18.2 Å². The van der Waals surface area contributed by atoms with Crippen LogP contribution in [0.5, 0.6) is 5.75 Å². The van der Waals surface area contributed by atoms with Crippen LogP contribution >= 0.6 is 0 Å². The standard InChI is InChI=1S/C18H29NO4S/c1-5-6-7-10-22-18-9-8-17(11-14(18)2)24(20,21)19-12-15(3)23-16(4)13-19/h8-9,11,15-16H,5-7,10,12-13H2,1-4H3/t15-,16-/m0/s1. The lowest BCUT2D eigenvalue weighted by Crippen LogP contribution is -2.48. The lowest BCUT2D eigenvalue weighted by molar-refractivity contribution is -0.0440. The van der Waals surface area contributed by atoms with Gasteiger partial charge < -0.3 is 9.47 Å². The Bertz CT molecular complexity index is 634. The number of nitrogens with zero attached hydrogens (tertiary/aromatic N) is 1. The van der Waals surface area contributed by atoms with Crippen LogP contribution < -0.4 is 4.74 Å². The topological polar surface area (TPSA) is 55.8 Å². The van der Waals surface area contributed by atoms with E-state index in [4.69, 9.17) is 9.47 Å². The van der Waals surface area contributed by atoms with E-state index in [-0.39, 0.29) is 12.2 Å². The molecule has 2 rings (SSSR count). The van der Waals surface area contributed by atoms with Crippen molar-refractivity contribution in [2.75, 3.05) is 19.7 Å². The predicted octanol–water partition coefficient (Wildman–Crippen LogP) is 3.36. The predicted molar refractivity (Wildman–Crippen MR) is 95.0 cm³/mol. The lowest BCUT2D eigenvalue weighted by atomic mass is 10.2. The smallest absolute Gasteiger partial charge is 0.243 e. The largest absolute Gasteiger partial charge is 0.493 e. The van der Waals surface area contributed by atoms with Crippen LogP contribution in [0.1, 0.15) is 45.6 Å². The molecule has 1 aliphatic rings. The number of sulfonamides is 1. The Morgan fingerprint density at radius 1 is 1.21 bits per heavy atom. The van der Waals surface area contributed by atoms with E-state index in [2.05, 4.69) is 6.92 Å². The molecule has 0 amide bonds. The van der Waals surface area contributed by atoms with E-state index in [9.17, 15) is 8.42 Å². The molecule has 0 saturated carbocycles. The summed E-state index contributed by atoms with van der Waals surface area (Å²) >= 11 is 0. The van der Waals surface area contributed by atoms with Crippen LogP contribution in [0.15, 0.2) is 23.1 Å². The highest BCUT2D eigenvalue weighted by Crippen LogP contribution is 2.26. The van der Waals surface area contributed by atoms with Gasteiger partial charge in [-0.05, 0) is 51.0 Å². The van der Waals surface area contributed by atoms with Gasteiger partial charge in [-0.2, -0.15) is 4.31 Å². The van der Waals surface area contributed by atoms with E-state index in [0.717, 1.165) is 30.6 Å². The van der Waals surface area contributed by atoms with Gasteiger partial charge in [-0.25, -0.2) is 8.42 Å². The SMILES string of the molecule is CCCCCOc1ccc(S(=O)(=O)N2C[C@H](C)O[C@@H](C)C2)cc1C. The number of hydrogen-bond donors (Lipinski definition) is 0. The van der Waals surface area contributed by atoms with Crippen molar-refractivity contribution >= 4 is 10.0 Å². The fourth-order valence-corrected chi connectivity index (χ4v) is 4.63. The number of morpholine rings is 1. The molecule has 0 unspecified atom stereocenters. The van der Waals surface area contributed by atoms with Gasteiger partial charge in [0.2, 0.25) is 10.0 Å². The van der Waals surface area contributed by atoms with Crippen molar-refractivity contribution in [2.24, 2.45) is 0 Å². The van der Waals surface area contributed by atoms with Crippen molar-refractivity contribution in [3.05, 3.63) is 23.8 Å². The first kappa shape index (κ1) is 19.2. The summed E-state index contributed by atoms with van der Waals surface area (Å²) in [6, 6.07) is 5.11. The van der Waals surface area contributed by atoms with Gasteiger partial charge >= 0.3 is 0 Å². The average molecular weight is 356 g/mol. The molecule has 5 nitrogen and oxygen atoms in total. The minimum absolute atomic E-state index is 0.0919. The molecule has 1 aromatic carbocycles. The highest BCUT2D eigenvalue weighted by Gasteiger charge is 2.32. The molecule has 0 spiro atoms. The second kappa shape index (κ2) is 8.32. The normalized spacial score (nSPS) is 22.5. The first-order chi connectivity index (χ1) is 11.3. The fraction of sp³-hybridized carbons (Fsp3) is 0.667. The van der Waals surface area contributed by atoms with Gasteiger partial charge in [0.25, 0.3) is 0 Å². The van der Waals surface area contributed by atoms with Crippen LogP contribution in [0.25, 0.3) is 0 Å². The van der Waals surface area contributed by atoms with Crippen molar-refractivity contribution in [1.82, 2.24) is 4.31 Å². The van der Waals surface area contributed by atoms with Gasteiger partial charge in [0, 0.05) is 13.1 Å². The maximum atomic E-state index is 12.9. The van der Waals surface area contributed by atoms with Gasteiger partial charge in [0.15, 0.2) is 0 Å². The Hall–Kier alpha value is -1.11. The molecule has 24 heavy (non-hydrogen) atoms. The Morgan fingerprint density at radius 3 is 2.46 bits per heavy atom. The Labute approximate surface area is 146 Å². The van der Waals surface area contributed by atoms with E-state index in [1.807, 2.05) is 20.8 Å². The van der Waals surface area contributed by atoms with E-state index >= 15 is 0 Å². The van der Waals surface area contributed by atoms with Crippen molar-refractivity contribution in [3.63, 3.8) is 0 Å². The molecular formula is C18H29NO4S. The van der Waals surface area contributed by atoms with E-state index < -0.39 is 10.0 Å². The van der Waals surface area contributed by atoms with Crippen molar-refractivity contribution in [2.45, 2.75) is 64.1 Å². The molecule has 1 aromatic rings. The first-order valence-corrected chi connectivity index (χ1v) is 10.2. The zero-order chi connectivity index (χ0) is 17.7. The molecule has 1 aliphatic heterocycles. The summed E-state index contributed by atoms with van der Waals surface area (Å²) in [7, 11) is -3.50. The molecular weight excluding hydrogens is 326 g/mol. The number of benzene rings is 1. The van der Waals surface area contributed by atoms with Crippen LogP contribution in [-0.2, 0) is 14.8 Å². The third-order valence-corrected chi connectivity index (χ3v) is 6.00. The summed E-state index contributed by atoms with van der Waals surface area (Å²) in [5, 5.41) is 0. The second-order valence-corrected chi connectivity index (χ2v) is 8.50. The highest BCUT2D eigenvalue weighted by molar-refractivity contribution is 7.89. The number of ether oxygens (including phenoxy) is 2. The van der Waals surface area contributed by atoms with Gasteiger partial charge in [0.1, 0.15) is 5.75 Å². The fourth-order valence-electron chi connectivity index (χ4n) is 2.95. The Balaban J connectivity index is 2.12. The van der Waals surface area contributed by atoms with Crippen LogP contribution in [0.4, 0.5) is 0 Å². The van der Waals surface area contributed by atoms with Crippen molar-refractivity contribution in [3.8, 4) is 5.75 Å². The lowest BCUT2D eigenvalue weighted by Gasteiger charge is -2.34. The molecule has 1 fully saturated rings. The second-order valence-electron chi connectivity index (χ2n) is 6.56. The first-order valence-electron chi connectivity index (χ1n) is 8.73. The zero-order valence-electron chi connectivity index (χ0n) is 15.1. The van der Waals surface area contributed by atoms with Crippen molar-refractivity contribution < 1.29 is 17.9 Å². The van der Waals surface area contributed by atoms with Gasteiger partial charge in [-0.1, -0.05) is 19.8 Å². The van der Waals surface area contributed by atoms with Crippen LogP contribution in [0.2, 0.25) is 0 Å². The molecule has 6 heteroatoms. The molecule has 1 saturated heterocycles. The van der Waals surface area contributed by atoms with Gasteiger partial charge in [0.05, 0.1) is 23.7 Å². The molecule has 0 aliphatic carbocycles. The van der Waals surface area contributed by atoms with E-state index in [1.165, 1.54) is 4.31 Å². The quantitative estimate of drug-likeness (QED) is 0.704. The molecule has 0 N–H and O–H groups in total. The molecule has 1 heterocycles. The number of hydrogen-bond acceptors (Lipinski definition) is 4. The third kappa shape index (κ3) is 4.71. The summed E-state index contributed by atoms with van der Waals surface area (Å²) < 4.78 is 38.6. The van der Waals surface area contributed by atoms with Crippen LogP contribution in [0, 0.1) is 6.92 Å². The molecule has 0 radical (unpaired) electrons. The van der Waals surface area contributed by atoms with E-state index in [0.29, 0.717) is 24.6 Å². The molecule has 2 atom stereocenters. The maximum Gasteiger partial charge on any atom is 0.243 e.